The number of benzene rings is 1. The summed E-state index contributed by atoms with van der Waals surface area (Å²) in [5, 5.41) is 3.51. The zero-order chi connectivity index (χ0) is 17.7. The first-order chi connectivity index (χ1) is 11.1. The van der Waals surface area contributed by atoms with E-state index < -0.39 is 23.6 Å². The van der Waals surface area contributed by atoms with Crippen LogP contribution in [0.15, 0.2) is 36.4 Å². The number of nitrogens with two attached hydrogens (primary N) is 1. The molecule has 2 N–H and O–H groups in total. The molecule has 0 atom stereocenters. The third-order valence-electron chi connectivity index (χ3n) is 3.31. The second-order valence-electron chi connectivity index (χ2n) is 4.91. The minimum absolute atomic E-state index is 0.181. The van der Waals surface area contributed by atoms with Crippen LogP contribution in [0.5, 0.6) is 0 Å². The largest absolute Gasteiger partial charge is 0.433 e. The molecule has 3 aromatic rings. The number of aromatic nitrogens is 3. The van der Waals surface area contributed by atoms with Gasteiger partial charge in [-0.25, -0.2) is 4.52 Å². The van der Waals surface area contributed by atoms with Crippen molar-refractivity contribution in [2.75, 3.05) is 5.73 Å². The van der Waals surface area contributed by atoms with Gasteiger partial charge < -0.3 is 5.73 Å². The van der Waals surface area contributed by atoms with Crippen molar-refractivity contribution in [3.63, 3.8) is 0 Å². The molecule has 10 heteroatoms. The Morgan fingerprint density at radius 1 is 0.833 bits per heavy atom. The summed E-state index contributed by atoms with van der Waals surface area (Å²) < 4.78 is 77.3. The molecule has 0 radical (unpaired) electrons. The van der Waals surface area contributed by atoms with Gasteiger partial charge in [0.15, 0.2) is 5.65 Å². The van der Waals surface area contributed by atoms with E-state index in [2.05, 4.69) is 10.1 Å². The van der Waals surface area contributed by atoms with Crippen LogP contribution in [-0.4, -0.2) is 14.6 Å². The molecule has 0 bridgehead atoms. The van der Waals surface area contributed by atoms with Crippen LogP contribution in [-0.2, 0) is 12.4 Å². The van der Waals surface area contributed by atoms with Crippen LogP contribution < -0.4 is 5.73 Å². The third-order valence-corrected chi connectivity index (χ3v) is 3.31. The lowest BCUT2D eigenvalue weighted by atomic mass is 10.0. The van der Waals surface area contributed by atoms with Gasteiger partial charge in [-0.1, -0.05) is 12.1 Å². The summed E-state index contributed by atoms with van der Waals surface area (Å²) in [5.74, 6) is -0.375. The van der Waals surface area contributed by atoms with E-state index in [-0.39, 0.29) is 22.7 Å². The Hall–Kier alpha value is -2.78. The monoisotopic (exact) mass is 346 g/mol. The quantitative estimate of drug-likeness (QED) is 0.677. The maximum atomic E-state index is 13.0. The Bertz CT molecular complexity index is 892. The molecule has 3 rings (SSSR count). The SMILES string of the molecule is Nc1nc2c(-c3ccc(C(F)(F)F)cc3)ccc(C(F)(F)F)n2n1. The van der Waals surface area contributed by atoms with Gasteiger partial charge in [-0.05, 0) is 29.8 Å². The number of anilines is 1. The summed E-state index contributed by atoms with van der Waals surface area (Å²) >= 11 is 0. The van der Waals surface area contributed by atoms with Crippen LogP contribution in [0, 0.1) is 0 Å². The summed E-state index contributed by atoms with van der Waals surface area (Å²) in [6.45, 7) is 0. The first kappa shape index (κ1) is 16.1. The molecule has 0 aliphatic carbocycles. The van der Waals surface area contributed by atoms with Gasteiger partial charge >= 0.3 is 12.4 Å². The smallest absolute Gasteiger partial charge is 0.366 e. The van der Waals surface area contributed by atoms with Crippen LogP contribution in [0.25, 0.3) is 16.8 Å². The highest BCUT2D eigenvalue weighted by atomic mass is 19.4. The molecule has 0 spiro atoms. The molecule has 24 heavy (non-hydrogen) atoms. The van der Waals surface area contributed by atoms with Gasteiger partial charge in [0.25, 0.3) is 0 Å². The number of hydrogen-bond donors (Lipinski definition) is 1. The number of alkyl halides is 6. The lowest BCUT2D eigenvalue weighted by molar-refractivity contribution is -0.142. The second kappa shape index (κ2) is 5.11. The van der Waals surface area contributed by atoms with Crippen LogP contribution in [0.2, 0.25) is 0 Å². The number of pyridine rings is 1. The molecule has 2 heterocycles. The molecule has 0 fully saturated rings. The fourth-order valence-electron chi connectivity index (χ4n) is 2.26. The number of fused-ring (bicyclic) bond motifs is 1. The average Bonchev–Trinajstić information content (AvgIpc) is 2.85. The van der Waals surface area contributed by atoms with Gasteiger partial charge in [0.2, 0.25) is 5.95 Å². The van der Waals surface area contributed by atoms with Crippen molar-refractivity contribution < 1.29 is 26.3 Å². The number of rotatable bonds is 1. The topological polar surface area (TPSA) is 56.2 Å². The molecular weight excluding hydrogens is 338 g/mol. The molecule has 0 saturated heterocycles. The fraction of sp³-hybridized carbons (Fsp3) is 0.143. The maximum absolute atomic E-state index is 13.0. The highest BCUT2D eigenvalue weighted by Gasteiger charge is 2.35. The van der Waals surface area contributed by atoms with Crippen molar-refractivity contribution >= 4 is 11.6 Å². The predicted octanol–water partition coefficient (Wildman–Crippen LogP) is 4.02. The molecule has 2 aromatic heterocycles. The fourth-order valence-corrected chi connectivity index (χ4v) is 2.26. The maximum Gasteiger partial charge on any atom is 0.433 e. The Kier molecular flexibility index (Phi) is 3.43. The number of halogens is 6. The predicted molar refractivity (Wildman–Crippen MR) is 72.8 cm³/mol. The Morgan fingerprint density at radius 3 is 2.00 bits per heavy atom. The molecular formula is C14H8F6N4. The molecule has 1 aromatic carbocycles. The number of hydrogen-bond acceptors (Lipinski definition) is 3. The molecule has 126 valence electrons. The summed E-state index contributed by atoms with van der Waals surface area (Å²) in [5.41, 5.74) is 3.67. The minimum Gasteiger partial charge on any atom is -0.366 e. The van der Waals surface area contributed by atoms with Crippen molar-refractivity contribution in [3.8, 4) is 11.1 Å². The summed E-state index contributed by atoms with van der Waals surface area (Å²) in [4.78, 5) is 3.74. The van der Waals surface area contributed by atoms with E-state index in [1.54, 1.807) is 0 Å². The average molecular weight is 346 g/mol. The highest BCUT2D eigenvalue weighted by Crippen LogP contribution is 2.35. The van der Waals surface area contributed by atoms with Crippen LogP contribution >= 0.6 is 0 Å². The Labute approximate surface area is 130 Å². The van der Waals surface area contributed by atoms with Crippen molar-refractivity contribution in [1.29, 1.82) is 0 Å². The van der Waals surface area contributed by atoms with Crippen LogP contribution in [0.4, 0.5) is 32.3 Å². The number of nitrogen functional groups attached to an aromatic ring is 1. The van der Waals surface area contributed by atoms with E-state index in [1.165, 1.54) is 0 Å². The molecule has 4 nitrogen and oxygen atoms in total. The molecule has 0 saturated carbocycles. The third kappa shape index (κ3) is 2.74. The Morgan fingerprint density at radius 2 is 1.46 bits per heavy atom. The molecule has 0 unspecified atom stereocenters. The standard InChI is InChI=1S/C14H8F6N4/c15-13(16,17)8-3-1-7(2-4-8)9-5-6-10(14(18,19)20)24-11(9)22-12(21)23-24/h1-6H,(H2,21,23). The van der Waals surface area contributed by atoms with Crippen LogP contribution in [0.3, 0.4) is 0 Å². The van der Waals surface area contributed by atoms with Gasteiger partial charge in [-0.15, -0.1) is 5.10 Å². The molecule has 0 aliphatic heterocycles. The van der Waals surface area contributed by atoms with E-state index in [9.17, 15) is 26.3 Å². The molecule has 0 amide bonds. The van der Waals surface area contributed by atoms with Gasteiger partial charge in [-0.2, -0.15) is 31.3 Å². The summed E-state index contributed by atoms with van der Waals surface area (Å²) in [7, 11) is 0. The van der Waals surface area contributed by atoms with Crippen molar-refractivity contribution in [3.05, 3.63) is 47.7 Å². The first-order valence-electron chi connectivity index (χ1n) is 6.47. The van der Waals surface area contributed by atoms with E-state index in [0.29, 0.717) is 4.52 Å². The normalized spacial score (nSPS) is 12.8. The zero-order valence-corrected chi connectivity index (χ0v) is 11.7. The first-order valence-corrected chi connectivity index (χ1v) is 6.47. The Balaban J connectivity index is 2.18. The van der Waals surface area contributed by atoms with Gasteiger partial charge in [0.05, 0.1) is 5.56 Å². The van der Waals surface area contributed by atoms with E-state index in [1.807, 2.05) is 0 Å². The number of nitrogens with zero attached hydrogens (tertiary/aromatic N) is 3. The van der Waals surface area contributed by atoms with Gasteiger partial charge in [0, 0.05) is 5.56 Å². The van der Waals surface area contributed by atoms with Crippen molar-refractivity contribution in [2.45, 2.75) is 12.4 Å². The zero-order valence-electron chi connectivity index (χ0n) is 11.7. The van der Waals surface area contributed by atoms with E-state index >= 15 is 0 Å². The lowest BCUT2D eigenvalue weighted by Crippen LogP contribution is -2.12. The van der Waals surface area contributed by atoms with Crippen molar-refractivity contribution in [2.24, 2.45) is 0 Å². The van der Waals surface area contributed by atoms with E-state index in [0.717, 1.165) is 36.4 Å². The molecule has 0 aliphatic rings. The van der Waals surface area contributed by atoms with E-state index in [4.69, 9.17) is 5.73 Å². The van der Waals surface area contributed by atoms with Gasteiger partial charge in [0.1, 0.15) is 5.69 Å². The summed E-state index contributed by atoms with van der Waals surface area (Å²) in [6, 6.07) is 5.86. The minimum atomic E-state index is -4.68. The van der Waals surface area contributed by atoms with Gasteiger partial charge in [-0.3, -0.25) is 0 Å². The van der Waals surface area contributed by atoms with Crippen molar-refractivity contribution in [1.82, 2.24) is 14.6 Å². The highest BCUT2D eigenvalue weighted by molar-refractivity contribution is 5.78. The lowest BCUT2D eigenvalue weighted by Gasteiger charge is -2.11. The summed E-state index contributed by atoms with van der Waals surface area (Å²) in [6.07, 6.45) is -9.19. The van der Waals surface area contributed by atoms with Crippen LogP contribution in [0.1, 0.15) is 11.3 Å². The second-order valence-corrected chi connectivity index (χ2v) is 4.91.